The highest BCUT2D eigenvalue weighted by atomic mass is 16.4. The molecular formula is C14H18N2O3. The Labute approximate surface area is 111 Å². The second-order valence-electron chi connectivity index (χ2n) is 4.96. The SMILES string of the molecule is Nc1ccccc1C(=O)NC1CCCC(C(=O)O)C1. The van der Waals surface area contributed by atoms with Crippen LogP contribution in [0, 0.1) is 5.92 Å². The number of nitrogen functional groups attached to an aromatic ring is 1. The minimum Gasteiger partial charge on any atom is -0.481 e. The van der Waals surface area contributed by atoms with Gasteiger partial charge in [-0.15, -0.1) is 0 Å². The molecule has 1 aromatic carbocycles. The Kier molecular flexibility index (Phi) is 4.04. The van der Waals surface area contributed by atoms with E-state index in [2.05, 4.69) is 5.32 Å². The lowest BCUT2D eigenvalue weighted by atomic mass is 9.85. The highest BCUT2D eigenvalue weighted by molar-refractivity contribution is 5.99. The van der Waals surface area contributed by atoms with Gasteiger partial charge in [-0.05, 0) is 31.4 Å². The number of nitrogens with one attached hydrogen (secondary N) is 1. The topological polar surface area (TPSA) is 92.4 Å². The minimum absolute atomic E-state index is 0.0815. The number of benzene rings is 1. The molecular weight excluding hydrogens is 244 g/mol. The molecule has 2 rings (SSSR count). The predicted octanol–water partition coefficient (Wildman–Crippen LogP) is 1.64. The molecule has 1 amide bonds. The second kappa shape index (κ2) is 5.73. The molecule has 5 heteroatoms. The van der Waals surface area contributed by atoms with Crippen molar-refractivity contribution in [3.8, 4) is 0 Å². The van der Waals surface area contributed by atoms with Gasteiger partial charge in [0.15, 0.2) is 0 Å². The maximum Gasteiger partial charge on any atom is 0.306 e. The van der Waals surface area contributed by atoms with Gasteiger partial charge in [0.2, 0.25) is 0 Å². The smallest absolute Gasteiger partial charge is 0.306 e. The van der Waals surface area contributed by atoms with Crippen molar-refractivity contribution in [2.75, 3.05) is 5.73 Å². The average molecular weight is 262 g/mol. The minimum atomic E-state index is -0.779. The monoisotopic (exact) mass is 262 g/mol. The van der Waals surface area contributed by atoms with E-state index in [1.807, 2.05) is 0 Å². The molecule has 1 saturated carbocycles. The van der Waals surface area contributed by atoms with Gasteiger partial charge in [0.1, 0.15) is 0 Å². The molecule has 19 heavy (non-hydrogen) atoms. The van der Waals surface area contributed by atoms with Crippen molar-refractivity contribution >= 4 is 17.6 Å². The summed E-state index contributed by atoms with van der Waals surface area (Å²) in [6.07, 6.45) is 2.83. The summed E-state index contributed by atoms with van der Waals surface area (Å²) in [5.74, 6) is -1.36. The third-order valence-electron chi connectivity index (χ3n) is 3.56. The summed E-state index contributed by atoms with van der Waals surface area (Å²) in [6.45, 7) is 0. The number of amides is 1. The number of carbonyl (C=O) groups is 2. The van der Waals surface area contributed by atoms with Crippen LogP contribution in [0.25, 0.3) is 0 Å². The molecule has 102 valence electrons. The zero-order chi connectivity index (χ0) is 13.8. The normalized spacial score (nSPS) is 22.7. The van der Waals surface area contributed by atoms with Crippen molar-refractivity contribution in [3.05, 3.63) is 29.8 Å². The maximum absolute atomic E-state index is 12.1. The third-order valence-corrected chi connectivity index (χ3v) is 3.56. The van der Waals surface area contributed by atoms with Crippen molar-refractivity contribution < 1.29 is 14.7 Å². The van der Waals surface area contributed by atoms with E-state index in [4.69, 9.17) is 10.8 Å². The average Bonchev–Trinajstić information content (AvgIpc) is 2.39. The molecule has 4 N–H and O–H groups in total. The highest BCUT2D eigenvalue weighted by Crippen LogP contribution is 2.25. The summed E-state index contributed by atoms with van der Waals surface area (Å²) in [7, 11) is 0. The lowest BCUT2D eigenvalue weighted by Crippen LogP contribution is -2.40. The molecule has 2 unspecified atom stereocenters. The number of nitrogens with two attached hydrogens (primary N) is 1. The van der Waals surface area contributed by atoms with E-state index < -0.39 is 5.97 Å². The van der Waals surface area contributed by atoms with E-state index in [-0.39, 0.29) is 17.9 Å². The van der Waals surface area contributed by atoms with Crippen molar-refractivity contribution in [1.82, 2.24) is 5.32 Å². The number of hydrogen-bond donors (Lipinski definition) is 3. The summed E-state index contributed by atoms with van der Waals surface area (Å²) in [5.41, 5.74) is 6.63. The fourth-order valence-corrected chi connectivity index (χ4v) is 2.51. The molecule has 0 aliphatic heterocycles. The lowest BCUT2D eigenvalue weighted by Gasteiger charge is -2.27. The number of hydrogen-bond acceptors (Lipinski definition) is 3. The summed E-state index contributed by atoms with van der Waals surface area (Å²) in [4.78, 5) is 23.0. The van der Waals surface area contributed by atoms with E-state index in [9.17, 15) is 9.59 Å². The Morgan fingerprint density at radius 2 is 2.00 bits per heavy atom. The van der Waals surface area contributed by atoms with Crippen LogP contribution in [0.4, 0.5) is 5.69 Å². The fourth-order valence-electron chi connectivity index (χ4n) is 2.51. The zero-order valence-electron chi connectivity index (χ0n) is 10.6. The molecule has 5 nitrogen and oxygen atoms in total. The largest absolute Gasteiger partial charge is 0.481 e. The van der Waals surface area contributed by atoms with Gasteiger partial charge in [0.25, 0.3) is 5.91 Å². The Bertz CT molecular complexity index is 487. The molecule has 1 fully saturated rings. The molecule has 0 radical (unpaired) electrons. The molecule has 1 aliphatic carbocycles. The molecule has 0 bridgehead atoms. The van der Waals surface area contributed by atoms with E-state index in [1.165, 1.54) is 0 Å². The first kappa shape index (κ1) is 13.4. The maximum atomic E-state index is 12.1. The van der Waals surface area contributed by atoms with Crippen molar-refractivity contribution in [2.45, 2.75) is 31.7 Å². The molecule has 2 atom stereocenters. The van der Waals surface area contributed by atoms with Crippen LogP contribution < -0.4 is 11.1 Å². The van der Waals surface area contributed by atoms with Crippen LogP contribution in [0.15, 0.2) is 24.3 Å². The van der Waals surface area contributed by atoms with Gasteiger partial charge < -0.3 is 16.2 Å². The van der Waals surface area contributed by atoms with Gasteiger partial charge >= 0.3 is 5.97 Å². The first-order chi connectivity index (χ1) is 9.08. The first-order valence-electron chi connectivity index (χ1n) is 6.46. The van der Waals surface area contributed by atoms with Crippen LogP contribution in [-0.2, 0) is 4.79 Å². The van der Waals surface area contributed by atoms with Gasteiger partial charge in [0.05, 0.1) is 11.5 Å². The molecule has 0 spiro atoms. The van der Waals surface area contributed by atoms with Gasteiger partial charge in [0, 0.05) is 11.7 Å². The number of para-hydroxylation sites is 1. The van der Waals surface area contributed by atoms with E-state index >= 15 is 0 Å². The summed E-state index contributed by atoms with van der Waals surface area (Å²) < 4.78 is 0. The van der Waals surface area contributed by atoms with Gasteiger partial charge in [-0.3, -0.25) is 9.59 Å². The van der Waals surface area contributed by atoms with Crippen molar-refractivity contribution in [3.63, 3.8) is 0 Å². The van der Waals surface area contributed by atoms with E-state index in [0.29, 0.717) is 24.1 Å². The van der Waals surface area contributed by atoms with Crippen LogP contribution in [0.2, 0.25) is 0 Å². The summed E-state index contributed by atoms with van der Waals surface area (Å²) in [5, 5.41) is 11.9. The standard InChI is InChI=1S/C14H18N2O3/c15-12-7-2-1-6-11(12)13(17)16-10-5-3-4-9(8-10)14(18)19/h1-2,6-7,9-10H,3-5,8,15H2,(H,16,17)(H,18,19). The molecule has 1 aromatic rings. The van der Waals surface area contributed by atoms with Crippen molar-refractivity contribution in [1.29, 1.82) is 0 Å². The number of carboxylic acids is 1. The second-order valence-corrected chi connectivity index (χ2v) is 4.96. The molecule has 0 saturated heterocycles. The number of anilines is 1. The van der Waals surface area contributed by atoms with Gasteiger partial charge in [-0.1, -0.05) is 18.6 Å². The van der Waals surface area contributed by atoms with E-state index in [1.54, 1.807) is 24.3 Å². The van der Waals surface area contributed by atoms with Gasteiger partial charge in [-0.2, -0.15) is 0 Å². The number of rotatable bonds is 3. The molecule has 1 aliphatic rings. The lowest BCUT2D eigenvalue weighted by molar-refractivity contribution is -0.143. The van der Waals surface area contributed by atoms with E-state index in [0.717, 1.165) is 12.8 Å². The first-order valence-corrected chi connectivity index (χ1v) is 6.46. The van der Waals surface area contributed by atoms with Gasteiger partial charge in [-0.25, -0.2) is 0 Å². The Morgan fingerprint density at radius 3 is 2.68 bits per heavy atom. The van der Waals surface area contributed by atoms with Crippen LogP contribution in [0.1, 0.15) is 36.0 Å². The quantitative estimate of drug-likeness (QED) is 0.722. The van der Waals surface area contributed by atoms with Crippen LogP contribution in [0.5, 0.6) is 0 Å². The van der Waals surface area contributed by atoms with Crippen LogP contribution in [-0.4, -0.2) is 23.0 Å². The number of aliphatic carboxylic acids is 1. The fraction of sp³-hybridized carbons (Fsp3) is 0.429. The number of carbonyl (C=O) groups excluding carboxylic acids is 1. The summed E-state index contributed by atoms with van der Waals surface area (Å²) in [6, 6.07) is 6.79. The highest BCUT2D eigenvalue weighted by Gasteiger charge is 2.28. The predicted molar refractivity (Wildman–Crippen MR) is 71.7 cm³/mol. The van der Waals surface area contributed by atoms with Crippen LogP contribution in [0.3, 0.4) is 0 Å². The third kappa shape index (κ3) is 3.24. The zero-order valence-corrected chi connectivity index (χ0v) is 10.6. The van der Waals surface area contributed by atoms with Crippen LogP contribution >= 0.6 is 0 Å². The Morgan fingerprint density at radius 1 is 1.26 bits per heavy atom. The Balaban J connectivity index is 1.99. The number of carboxylic acid groups (broad SMARTS) is 1. The molecule has 0 aromatic heterocycles. The van der Waals surface area contributed by atoms with Crippen molar-refractivity contribution in [2.24, 2.45) is 5.92 Å². The Hall–Kier alpha value is -2.04. The summed E-state index contributed by atoms with van der Waals surface area (Å²) >= 11 is 0. The molecule has 0 heterocycles.